The Morgan fingerprint density at radius 1 is 1.29 bits per heavy atom. The molecule has 1 heterocycles. The summed E-state index contributed by atoms with van der Waals surface area (Å²) in [6.45, 7) is 9.79. The molecule has 98 valence electrons. The third-order valence-corrected chi connectivity index (χ3v) is 2.56. The molecule has 1 aromatic heterocycles. The van der Waals surface area contributed by atoms with Crippen molar-refractivity contribution in [1.82, 2.24) is 15.0 Å². The Kier molecular flexibility index (Phi) is 5.58. The number of aliphatic hydroxyl groups excluding tert-OH is 1. The summed E-state index contributed by atoms with van der Waals surface area (Å²) in [5.41, 5.74) is 0. The van der Waals surface area contributed by atoms with Crippen molar-refractivity contribution in [2.75, 3.05) is 13.2 Å². The maximum Gasteiger partial charge on any atom is 0.240 e. The van der Waals surface area contributed by atoms with Gasteiger partial charge in [0.15, 0.2) is 5.82 Å². The first kappa shape index (κ1) is 14.1. The zero-order valence-corrected chi connectivity index (χ0v) is 11.2. The van der Waals surface area contributed by atoms with Crippen molar-refractivity contribution in [3.63, 3.8) is 0 Å². The second-order valence-electron chi connectivity index (χ2n) is 4.99. The van der Waals surface area contributed by atoms with Gasteiger partial charge in [-0.3, -0.25) is 4.90 Å². The van der Waals surface area contributed by atoms with E-state index in [0.717, 1.165) is 12.2 Å². The fourth-order valence-corrected chi connectivity index (χ4v) is 1.62. The quantitative estimate of drug-likeness (QED) is 0.783. The van der Waals surface area contributed by atoms with E-state index in [1.807, 2.05) is 0 Å². The lowest BCUT2D eigenvalue weighted by Crippen LogP contribution is -2.33. The van der Waals surface area contributed by atoms with Gasteiger partial charge in [-0.2, -0.15) is 4.98 Å². The molecule has 0 unspecified atom stereocenters. The highest BCUT2D eigenvalue weighted by molar-refractivity contribution is 4.87. The van der Waals surface area contributed by atoms with Crippen LogP contribution in [0.3, 0.4) is 0 Å². The molecule has 0 fully saturated rings. The van der Waals surface area contributed by atoms with E-state index in [1.54, 1.807) is 0 Å². The van der Waals surface area contributed by atoms with Crippen LogP contribution in [0.25, 0.3) is 0 Å². The molecule has 17 heavy (non-hydrogen) atoms. The highest BCUT2D eigenvalue weighted by Gasteiger charge is 2.14. The van der Waals surface area contributed by atoms with Crippen LogP contribution in [0.2, 0.25) is 0 Å². The van der Waals surface area contributed by atoms with Crippen LogP contribution in [0.15, 0.2) is 4.52 Å². The summed E-state index contributed by atoms with van der Waals surface area (Å²) in [4.78, 5) is 6.46. The summed E-state index contributed by atoms with van der Waals surface area (Å²) in [5.74, 6) is 1.92. The van der Waals surface area contributed by atoms with Crippen LogP contribution in [0.5, 0.6) is 0 Å². The average Bonchev–Trinajstić information content (AvgIpc) is 2.63. The molecule has 0 saturated carbocycles. The fraction of sp³-hybridized carbons (Fsp3) is 0.833. The molecule has 0 aliphatic rings. The lowest BCUT2D eigenvalue weighted by atomic mass is 10.1. The van der Waals surface area contributed by atoms with Crippen molar-refractivity contribution in [3.8, 4) is 0 Å². The Morgan fingerprint density at radius 3 is 2.53 bits per heavy atom. The Labute approximate surface area is 103 Å². The zero-order valence-electron chi connectivity index (χ0n) is 11.2. The lowest BCUT2D eigenvalue weighted by Gasteiger charge is -2.23. The Hall–Kier alpha value is -0.940. The van der Waals surface area contributed by atoms with E-state index in [-0.39, 0.29) is 6.61 Å². The van der Waals surface area contributed by atoms with Crippen LogP contribution < -0.4 is 0 Å². The van der Waals surface area contributed by atoms with Gasteiger partial charge in [0.25, 0.3) is 0 Å². The number of nitrogens with zero attached hydrogens (tertiary/aromatic N) is 3. The summed E-state index contributed by atoms with van der Waals surface area (Å²) in [7, 11) is 0. The fourth-order valence-electron chi connectivity index (χ4n) is 1.62. The van der Waals surface area contributed by atoms with Crippen molar-refractivity contribution in [2.45, 2.75) is 46.7 Å². The van der Waals surface area contributed by atoms with Gasteiger partial charge in [-0.15, -0.1) is 0 Å². The number of hydrogen-bond acceptors (Lipinski definition) is 5. The van der Waals surface area contributed by atoms with Gasteiger partial charge in [0.05, 0.1) is 13.2 Å². The lowest BCUT2D eigenvalue weighted by molar-refractivity contribution is 0.144. The smallest absolute Gasteiger partial charge is 0.240 e. The first-order chi connectivity index (χ1) is 8.02. The van der Waals surface area contributed by atoms with Crippen molar-refractivity contribution < 1.29 is 9.63 Å². The Morgan fingerprint density at radius 2 is 2.00 bits per heavy atom. The Bertz CT molecular complexity index is 323. The van der Waals surface area contributed by atoms with Crippen molar-refractivity contribution >= 4 is 0 Å². The zero-order chi connectivity index (χ0) is 12.8. The predicted molar refractivity (Wildman–Crippen MR) is 65.5 cm³/mol. The molecule has 0 aromatic carbocycles. The minimum absolute atomic E-state index is 0.144. The van der Waals surface area contributed by atoms with Crippen LogP contribution in [-0.4, -0.2) is 39.3 Å². The highest BCUT2D eigenvalue weighted by Crippen LogP contribution is 2.08. The molecule has 0 aliphatic carbocycles. The summed E-state index contributed by atoms with van der Waals surface area (Å²) in [6.07, 6.45) is 0.838. The predicted octanol–water partition coefficient (Wildman–Crippen LogP) is 1.47. The molecular formula is C12H23N3O2. The van der Waals surface area contributed by atoms with Crippen LogP contribution in [-0.2, 0) is 13.0 Å². The van der Waals surface area contributed by atoms with Crippen molar-refractivity contribution in [3.05, 3.63) is 11.7 Å². The molecule has 0 saturated heterocycles. The van der Waals surface area contributed by atoms with Crippen LogP contribution in [0.4, 0.5) is 0 Å². The maximum atomic E-state index is 8.98. The second kappa shape index (κ2) is 6.71. The van der Waals surface area contributed by atoms with Crippen molar-refractivity contribution in [2.24, 2.45) is 5.92 Å². The molecule has 1 aromatic rings. The first-order valence-corrected chi connectivity index (χ1v) is 6.19. The molecule has 1 N–H and O–H groups in total. The minimum Gasteiger partial charge on any atom is -0.395 e. The van der Waals surface area contributed by atoms with E-state index in [1.165, 1.54) is 0 Å². The molecule has 0 amide bonds. The van der Waals surface area contributed by atoms with Gasteiger partial charge in [0, 0.05) is 19.0 Å². The molecule has 0 radical (unpaired) electrons. The number of aromatic nitrogens is 2. The van der Waals surface area contributed by atoms with Gasteiger partial charge in [0.1, 0.15) is 0 Å². The van der Waals surface area contributed by atoms with E-state index in [9.17, 15) is 0 Å². The molecule has 0 aliphatic heterocycles. The van der Waals surface area contributed by atoms with E-state index >= 15 is 0 Å². The monoisotopic (exact) mass is 241 g/mol. The van der Waals surface area contributed by atoms with Gasteiger partial charge < -0.3 is 9.63 Å². The van der Waals surface area contributed by atoms with Crippen molar-refractivity contribution in [1.29, 1.82) is 0 Å². The summed E-state index contributed by atoms with van der Waals surface area (Å²) < 4.78 is 5.21. The molecule has 0 spiro atoms. The summed E-state index contributed by atoms with van der Waals surface area (Å²) in [5, 5.41) is 12.9. The molecular weight excluding hydrogens is 218 g/mol. The highest BCUT2D eigenvalue weighted by atomic mass is 16.5. The van der Waals surface area contributed by atoms with Gasteiger partial charge in [-0.1, -0.05) is 19.0 Å². The normalized spacial score (nSPS) is 12.0. The Balaban J connectivity index is 2.57. The standard InChI is InChI=1S/C12H23N3O2/c1-9(2)7-11-13-12(17-14-11)8-15(5-6-16)10(3)4/h9-10,16H,5-8H2,1-4H3. The topological polar surface area (TPSA) is 62.4 Å². The van der Waals surface area contributed by atoms with Gasteiger partial charge in [-0.05, 0) is 19.8 Å². The SMILES string of the molecule is CC(C)Cc1noc(CN(CCO)C(C)C)n1. The van der Waals surface area contributed by atoms with Gasteiger partial charge >= 0.3 is 0 Å². The van der Waals surface area contributed by atoms with Crippen LogP contribution >= 0.6 is 0 Å². The molecule has 5 nitrogen and oxygen atoms in total. The summed E-state index contributed by atoms with van der Waals surface area (Å²) in [6, 6.07) is 0.350. The van der Waals surface area contributed by atoms with E-state index in [4.69, 9.17) is 9.63 Å². The second-order valence-corrected chi connectivity index (χ2v) is 4.99. The van der Waals surface area contributed by atoms with Crippen LogP contribution in [0, 0.1) is 5.92 Å². The number of rotatable bonds is 7. The molecule has 0 atom stereocenters. The van der Waals surface area contributed by atoms with E-state index in [2.05, 4.69) is 42.7 Å². The minimum atomic E-state index is 0.144. The number of aliphatic hydroxyl groups is 1. The first-order valence-electron chi connectivity index (χ1n) is 6.19. The molecule has 5 heteroatoms. The molecule has 1 rings (SSSR count). The molecule has 0 bridgehead atoms. The number of hydrogen-bond donors (Lipinski definition) is 1. The van der Waals surface area contributed by atoms with E-state index < -0.39 is 0 Å². The maximum absolute atomic E-state index is 8.98. The van der Waals surface area contributed by atoms with Gasteiger partial charge in [0.2, 0.25) is 5.89 Å². The largest absolute Gasteiger partial charge is 0.395 e. The van der Waals surface area contributed by atoms with Gasteiger partial charge in [-0.25, -0.2) is 0 Å². The van der Waals surface area contributed by atoms with Crippen LogP contribution in [0.1, 0.15) is 39.4 Å². The third-order valence-electron chi connectivity index (χ3n) is 2.56. The third kappa shape index (κ3) is 4.83. The average molecular weight is 241 g/mol. The summed E-state index contributed by atoms with van der Waals surface area (Å²) >= 11 is 0. The van der Waals surface area contributed by atoms with E-state index in [0.29, 0.717) is 30.9 Å².